The molecule has 1 N–H and O–H groups in total. The average molecular weight is 455 g/mol. The molecule has 1 fully saturated rings. The van der Waals surface area contributed by atoms with E-state index >= 15 is 0 Å². The van der Waals surface area contributed by atoms with Crippen LogP contribution in [0.25, 0.3) is 11.4 Å². The summed E-state index contributed by atoms with van der Waals surface area (Å²) in [6.45, 7) is 2.75. The van der Waals surface area contributed by atoms with Crippen LogP contribution in [0.3, 0.4) is 0 Å². The van der Waals surface area contributed by atoms with E-state index in [9.17, 15) is 9.18 Å². The molecule has 0 aliphatic carbocycles. The molecule has 32 heavy (non-hydrogen) atoms. The molecule has 6 nitrogen and oxygen atoms in total. The highest BCUT2D eigenvalue weighted by molar-refractivity contribution is 7.98. The summed E-state index contributed by atoms with van der Waals surface area (Å²) in [5.41, 5.74) is 2.01. The second-order valence-electron chi connectivity index (χ2n) is 7.92. The fraction of sp³-hybridized carbons (Fsp3) is 0.375. The predicted octanol–water partition coefficient (Wildman–Crippen LogP) is 4.14. The number of hydrogen-bond donors (Lipinski definition) is 1. The van der Waals surface area contributed by atoms with Crippen molar-refractivity contribution in [3.05, 3.63) is 71.9 Å². The van der Waals surface area contributed by atoms with Crippen LogP contribution in [0, 0.1) is 11.7 Å². The number of thioether (sulfide) groups is 1. The number of halogens is 1. The van der Waals surface area contributed by atoms with Gasteiger partial charge in [0, 0.05) is 30.2 Å². The summed E-state index contributed by atoms with van der Waals surface area (Å²) in [5, 5.41) is 7.08. The molecule has 3 aromatic rings. The number of nitrogens with zero attached hydrogens (tertiary/aromatic N) is 3. The highest BCUT2D eigenvalue weighted by atomic mass is 32.2. The molecule has 0 radical (unpaired) electrons. The van der Waals surface area contributed by atoms with Crippen LogP contribution in [0.4, 0.5) is 4.39 Å². The van der Waals surface area contributed by atoms with Crippen LogP contribution >= 0.6 is 11.8 Å². The standard InChI is InChI=1S/C24H27FN4O2S/c25-21-10-8-19(9-11-21)23-27-22(31-28-23)16-29-13-4-7-20(15-29)24(30)26-12-14-32-17-18-5-2-1-3-6-18/h1-3,5-6,8-11,20H,4,7,12-17H2,(H,26,30). The second-order valence-corrected chi connectivity index (χ2v) is 9.03. The molecule has 1 aliphatic heterocycles. The van der Waals surface area contributed by atoms with Gasteiger partial charge in [0.2, 0.25) is 17.6 Å². The summed E-state index contributed by atoms with van der Waals surface area (Å²) in [6.07, 6.45) is 1.85. The number of carbonyl (C=O) groups is 1. The molecule has 2 heterocycles. The van der Waals surface area contributed by atoms with Gasteiger partial charge in [-0.25, -0.2) is 4.39 Å². The fourth-order valence-electron chi connectivity index (χ4n) is 3.79. The minimum absolute atomic E-state index is 0.0256. The molecule has 2 aromatic carbocycles. The van der Waals surface area contributed by atoms with E-state index in [1.54, 1.807) is 12.1 Å². The van der Waals surface area contributed by atoms with Gasteiger partial charge in [-0.3, -0.25) is 9.69 Å². The van der Waals surface area contributed by atoms with Gasteiger partial charge >= 0.3 is 0 Å². The topological polar surface area (TPSA) is 71.3 Å². The molecule has 0 spiro atoms. The molecule has 1 amide bonds. The molecule has 4 rings (SSSR count). The van der Waals surface area contributed by atoms with E-state index in [1.165, 1.54) is 17.7 Å². The van der Waals surface area contributed by atoms with E-state index in [1.807, 2.05) is 30.0 Å². The van der Waals surface area contributed by atoms with E-state index < -0.39 is 0 Å². The predicted molar refractivity (Wildman–Crippen MR) is 123 cm³/mol. The van der Waals surface area contributed by atoms with Gasteiger partial charge in [0.15, 0.2) is 0 Å². The van der Waals surface area contributed by atoms with Crippen LogP contribution < -0.4 is 5.32 Å². The normalized spacial score (nSPS) is 16.7. The maximum absolute atomic E-state index is 13.1. The van der Waals surface area contributed by atoms with E-state index in [-0.39, 0.29) is 17.6 Å². The van der Waals surface area contributed by atoms with Gasteiger partial charge in [-0.05, 0) is 49.2 Å². The quantitative estimate of drug-likeness (QED) is 0.490. The zero-order valence-corrected chi connectivity index (χ0v) is 18.7. The Hall–Kier alpha value is -2.71. The molecule has 1 aliphatic rings. The molecule has 1 aromatic heterocycles. The molecule has 168 valence electrons. The third-order valence-corrected chi connectivity index (χ3v) is 6.49. The molecular weight excluding hydrogens is 427 g/mol. The Morgan fingerprint density at radius 3 is 2.81 bits per heavy atom. The first kappa shape index (κ1) is 22.5. The number of rotatable bonds is 9. The Balaban J connectivity index is 1.20. The van der Waals surface area contributed by atoms with Crippen LogP contribution in [0.15, 0.2) is 59.1 Å². The Labute approximate surface area is 191 Å². The monoisotopic (exact) mass is 454 g/mol. The lowest BCUT2D eigenvalue weighted by molar-refractivity contribution is -0.126. The van der Waals surface area contributed by atoms with Crippen molar-refractivity contribution in [3.8, 4) is 11.4 Å². The van der Waals surface area contributed by atoms with E-state index in [2.05, 4.69) is 32.5 Å². The molecule has 0 saturated carbocycles. The van der Waals surface area contributed by atoms with Gasteiger partial charge in [0.1, 0.15) is 5.82 Å². The number of hydrogen-bond acceptors (Lipinski definition) is 6. The van der Waals surface area contributed by atoms with Crippen LogP contribution in [0.1, 0.15) is 24.3 Å². The lowest BCUT2D eigenvalue weighted by Crippen LogP contribution is -2.43. The van der Waals surface area contributed by atoms with Crippen LogP contribution in [0.2, 0.25) is 0 Å². The average Bonchev–Trinajstić information content (AvgIpc) is 3.28. The van der Waals surface area contributed by atoms with Gasteiger partial charge in [-0.1, -0.05) is 35.5 Å². The Morgan fingerprint density at radius 1 is 1.19 bits per heavy atom. The fourth-order valence-corrected chi connectivity index (χ4v) is 4.61. The van der Waals surface area contributed by atoms with Gasteiger partial charge in [-0.2, -0.15) is 16.7 Å². The zero-order chi connectivity index (χ0) is 22.2. The minimum atomic E-state index is -0.301. The lowest BCUT2D eigenvalue weighted by atomic mass is 9.97. The minimum Gasteiger partial charge on any atom is -0.355 e. The highest BCUT2D eigenvalue weighted by Gasteiger charge is 2.26. The smallest absolute Gasteiger partial charge is 0.241 e. The van der Waals surface area contributed by atoms with Crippen molar-refractivity contribution in [2.75, 3.05) is 25.4 Å². The summed E-state index contributed by atoms with van der Waals surface area (Å²) in [6, 6.07) is 16.4. The summed E-state index contributed by atoms with van der Waals surface area (Å²) in [7, 11) is 0. The van der Waals surface area contributed by atoms with E-state index in [0.717, 1.165) is 30.9 Å². The second kappa shape index (κ2) is 11.2. The Morgan fingerprint density at radius 2 is 2.00 bits per heavy atom. The first-order chi connectivity index (χ1) is 15.7. The largest absolute Gasteiger partial charge is 0.355 e. The van der Waals surface area contributed by atoms with Crippen molar-refractivity contribution in [2.24, 2.45) is 5.92 Å². The number of amides is 1. The van der Waals surface area contributed by atoms with Crippen molar-refractivity contribution >= 4 is 17.7 Å². The Kier molecular flexibility index (Phi) is 7.90. The van der Waals surface area contributed by atoms with Crippen molar-refractivity contribution in [1.82, 2.24) is 20.4 Å². The molecule has 1 unspecified atom stereocenters. The summed E-state index contributed by atoms with van der Waals surface area (Å²) < 4.78 is 18.5. The first-order valence-corrected chi connectivity index (χ1v) is 12.0. The van der Waals surface area contributed by atoms with Crippen LogP contribution in [0.5, 0.6) is 0 Å². The molecular formula is C24H27FN4O2S. The zero-order valence-electron chi connectivity index (χ0n) is 17.9. The molecule has 1 saturated heterocycles. The third-order valence-electron chi connectivity index (χ3n) is 5.46. The Bertz CT molecular complexity index is 997. The van der Waals surface area contributed by atoms with Crippen LogP contribution in [-0.4, -0.2) is 46.3 Å². The lowest BCUT2D eigenvalue weighted by Gasteiger charge is -2.30. The number of likely N-dealkylation sites (tertiary alicyclic amines) is 1. The van der Waals surface area contributed by atoms with Gasteiger partial charge in [-0.15, -0.1) is 0 Å². The SMILES string of the molecule is O=C(NCCSCc1ccccc1)C1CCCN(Cc2nc(-c3ccc(F)cc3)no2)C1. The summed E-state index contributed by atoms with van der Waals surface area (Å²) in [5.74, 6) is 2.59. The number of piperidine rings is 1. The number of aromatic nitrogens is 2. The molecule has 0 bridgehead atoms. The van der Waals surface area contributed by atoms with Crippen molar-refractivity contribution in [3.63, 3.8) is 0 Å². The highest BCUT2D eigenvalue weighted by Crippen LogP contribution is 2.21. The number of benzene rings is 2. The maximum Gasteiger partial charge on any atom is 0.241 e. The van der Waals surface area contributed by atoms with Gasteiger partial charge in [0.05, 0.1) is 12.5 Å². The molecule has 1 atom stereocenters. The molecule has 8 heteroatoms. The van der Waals surface area contributed by atoms with E-state index in [0.29, 0.717) is 36.9 Å². The van der Waals surface area contributed by atoms with Gasteiger partial charge in [0.25, 0.3) is 0 Å². The van der Waals surface area contributed by atoms with Crippen molar-refractivity contribution in [1.29, 1.82) is 0 Å². The third kappa shape index (κ3) is 6.40. The van der Waals surface area contributed by atoms with Crippen molar-refractivity contribution < 1.29 is 13.7 Å². The number of carbonyl (C=O) groups excluding carboxylic acids is 1. The summed E-state index contributed by atoms with van der Waals surface area (Å²) in [4.78, 5) is 19.2. The summed E-state index contributed by atoms with van der Waals surface area (Å²) >= 11 is 1.82. The first-order valence-electron chi connectivity index (χ1n) is 10.9. The number of nitrogens with one attached hydrogen (secondary N) is 1. The van der Waals surface area contributed by atoms with E-state index in [4.69, 9.17) is 4.52 Å². The van der Waals surface area contributed by atoms with Gasteiger partial charge < -0.3 is 9.84 Å². The maximum atomic E-state index is 13.1. The van der Waals surface area contributed by atoms with Crippen molar-refractivity contribution in [2.45, 2.75) is 25.1 Å². The van der Waals surface area contributed by atoms with Crippen LogP contribution in [-0.2, 0) is 17.1 Å².